The third-order valence-corrected chi connectivity index (χ3v) is 4.38. The van der Waals surface area contributed by atoms with Crippen molar-refractivity contribution in [3.63, 3.8) is 0 Å². The van der Waals surface area contributed by atoms with Crippen LogP contribution in [-0.4, -0.2) is 12.5 Å². The van der Waals surface area contributed by atoms with Crippen molar-refractivity contribution in [3.8, 4) is 0 Å². The van der Waals surface area contributed by atoms with E-state index in [1.54, 1.807) is 11.3 Å². The predicted octanol–water partition coefficient (Wildman–Crippen LogP) is 4.59. The smallest absolute Gasteiger partial charge is 0.193 e. The molecule has 0 fully saturated rings. The van der Waals surface area contributed by atoms with E-state index in [4.69, 9.17) is 5.73 Å². The highest BCUT2D eigenvalue weighted by Gasteiger charge is 2.04. The summed E-state index contributed by atoms with van der Waals surface area (Å²) in [6.45, 7) is 7.13. The van der Waals surface area contributed by atoms with Crippen LogP contribution in [0.5, 0.6) is 0 Å². The van der Waals surface area contributed by atoms with Gasteiger partial charge in [0, 0.05) is 17.1 Å². The van der Waals surface area contributed by atoms with Gasteiger partial charge in [0.2, 0.25) is 0 Å². The van der Waals surface area contributed by atoms with Crippen LogP contribution in [0.4, 0.5) is 5.69 Å². The third kappa shape index (κ3) is 5.96. The van der Waals surface area contributed by atoms with Gasteiger partial charge < -0.3 is 11.1 Å². The topological polar surface area (TPSA) is 50.4 Å². The zero-order valence-corrected chi connectivity index (χ0v) is 16.4. The number of aliphatic imine (C=N–C) groups is 1. The van der Waals surface area contributed by atoms with E-state index in [1.165, 1.54) is 16.0 Å². The molecule has 1 unspecified atom stereocenters. The molecular formula is C17H24IN3S. The van der Waals surface area contributed by atoms with Gasteiger partial charge in [0.15, 0.2) is 5.96 Å². The molecule has 0 radical (unpaired) electrons. The number of anilines is 1. The largest absolute Gasteiger partial charge is 0.370 e. The molecule has 2 aromatic rings. The number of nitrogens with two attached hydrogens (primary N) is 1. The zero-order valence-electron chi connectivity index (χ0n) is 13.3. The molecule has 0 bridgehead atoms. The lowest BCUT2D eigenvalue weighted by molar-refractivity contribution is 0.599. The Morgan fingerprint density at radius 1 is 1.27 bits per heavy atom. The molecule has 1 heterocycles. The molecule has 1 aromatic carbocycles. The fourth-order valence-corrected chi connectivity index (χ4v) is 2.97. The van der Waals surface area contributed by atoms with Crippen LogP contribution in [0.3, 0.4) is 0 Å². The summed E-state index contributed by atoms with van der Waals surface area (Å²) < 4.78 is 0. The summed E-state index contributed by atoms with van der Waals surface area (Å²) in [4.78, 5) is 5.84. The van der Waals surface area contributed by atoms with E-state index in [1.807, 2.05) is 6.07 Å². The number of halogens is 1. The normalized spacial score (nSPS) is 12.6. The minimum atomic E-state index is 0. The van der Waals surface area contributed by atoms with Crippen LogP contribution in [0.15, 0.2) is 40.7 Å². The molecular weight excluding hydrogens is 405 g/mol. The summed E-state index contributed by atoms with van der Waals surface area (Å²) in [7, 11) is 0. The second-order valence-electron chi connectivity index (χ2n) is 5.54. The van der Waals surface area contributed by atoms with Crippen LogP contribution in [0, 0.1) is 19.8 Å². The van der Waals surface area contributed by atoms with E-state index in [0.29, 0.717) is 11.9 Å². The summed E-state index contributed by atoms with van der Waals surface area (Å²) in [6, 6.07) is 10.5. The highest BCUT2D eigenvalue weighted by molar-refractivity contribution is 14.0. The maximum atomic E-state index is 5.96. The van der Waals surface area contributed by atoms with Crippen molar-refractivity contribution in [2.45, 2.75) is 27.2 Å². The standard InChI is InChI=1S/C17H23N3S.HI/c1-12(9-16-5-4-8-21-16)11-19-17(18)20-15-7-6-13(2)14(3)10-15;/h4-8,10,12H,9,11H2,1-3H3,(H3,18,19,20);1H. The van der Waals surface area contributed by atoms with Gasteiger partial charge in [0.25, 0.3) is 0 Å². The molecule has 0 aliphatic heterocycles. The maximum Gasteiger partial charge on any atom is 0.193 e. The quantitative estimate of drug-likeness (QED) is 0.415. The number of thiophene rings is 1. The number of aryl methyl sites for hydroxylation is 2. The molecule has 3 N–H and O–H groups in total. The van der Waals surface area contributed by atoms with Crippen LogP contribution < -0.4 is 11.1 Å². The number of guanidine groups is 1. The van der Waals surface area contributed by atoms with Gasteiger partial charge in [-0.1, -0.05) is 19.1 Å². The predicted molar refractivity (Wildman–Crippen MR) is 109 cm³/mol. The molecule has 22 heavy (non-hydrogen) atoms. The van der Waals surface area contributed by atoms with Gasteiger partial charge in [-0.25, -0.2) is 0 Å². The molecule has 1 aromatic heterocycles. The number of hydrogen-bond donors (Lipinski definition) is 2. The van der Waals surface area contributed by atoms with Gasteiger partial charge in [-0.2, -0.15) is 0 Å². The monoisotopic (exact) mass is 429 g/mol. The molecule has 5 heteroatoms. The maximum absolute atomic E-state index is 5.96. The fourth-order valence-electron chi connectivity index (χ4n) is 2.10. The first kappa shape index (κ1) is 19.0. The molecule has 0 aliphatic carbocycles. The molecule has 0 saturated heterocycles. The minimum Gasteiger partial charge on any atom is -0.370 e. The first-order valence-electron chi connectivity index (χ1n) is 7.21. The van der Waals surface area contributed by atoms with Crippen LogP contribution in [0.2, 0.25) is 0 Å². The van der Waals surface area contributed by atoms with Crippen LogP contribution in [0.25, 0.3) is 0 Å². The van der Waals surface area contributed by atoms with E-state index in [0.717, 1.165) is 18.7 Å². The highest BCUT2D eigenvalue weighted by Crippen LogP contribution is 2.15. The van der Waals surface area contributed by atoms with Gasteiger partial charge in [-0.3, -0.25) is 4.99 Å². The molecule has 0 aliphatic rings. The SMILES string of the molecule is Cc1ccc(NC(N)=NCC(C)Cc2cccs2)cc1C.I. The Morgan fingerprint density at radius 3 is 2.68 bits per heavy atom. The lowest BCUT2D eigenvalue weighted by atomic mass is 10.1. The summed E-state index contributed by atoms with van der Waals surface area (Å²) in [6.07, 6.45) is 1.05. The Labute approximate surface area is 154 Å². The average molecular weight is 429 g/mol. The number of rotatable bonds is 5. The van der Waals surface area contributed by atoms with Crippen molar-refractivity contribution in [3.05, 3.63) is 51.7 Å². The van der Waals surface area contributed by atoms with Crippen molar-refractivity contribution >= 4 is 47.0 Å². The molecule has 0 saturated carbocycles. The average Bonchev–Trinajstić information content (AvgIpc) is 2.93. The van der Waals surface area contributed by atoms with Gasteiger partial charge in [-0.05, 0) is 60.9 Å². The van der Waals surface area contributed by atoms with E-state index >= 15 is 0 Å². The third-order valence-electron chi connectivity index (χ3n) is 3.48. The lowest BCUT2D eigenvalue weighted by Crippen LogP contribution is -2.23. The molecule has 3 nitrogen and oxygen atoms in total. The zero-order chi connectivity index (χ0) is 15.2. The number of hydrogen-bond acceptors (Lipinski definition) is 2. The summed E-state index contributed by atoms with van der Waals surface area (Å²) >= 11 is 1.80. The molecule has 0 spiro atoms. The summed E-state index contributed by atoms with van der Waals surface area (Å²) in [5.74, 6) is 0.972. The summed E-state index contributed by atoms with van der Waals surface area (Å²) in [5, 5.41) is 5.27. The van der Waals surface area contributed by atoms with Gasteiger partial charge >= 0.3 is 0 Å². The Kier molecular flexibility index (Phi) is 7.89. The van der Waals surface area contributed by atoms with Gasteiger partial charge in [-0.15, -0.1) is 35.3 Å². The number of nitrogens with zero attached hydrogens (tertiary/aromatic N) is 1. The van der Waals surface area contributed by atoms with E-state index in [2.05, 4.69) is 60.7 Å². The molecule has 1 atom stereocenters. The second kappa shape index (κ2) is 9.15. The van der Waals surface area contributed by atoms with Crippen molar-refractivity contribution < 1.29 is 0 Å². The Hall–Kier alpha value is -1.08. The molecule has 0 amide bonds. The van der Waals surface area contributed by atoms with Crippen molar-refractivity contribution in [1.82, 2.24) is 0 Å². The van der Waals surface area contributed by atoms with Crippen molar-refractivity contribution in [2.24, 2.45) is 16.6 Å². The Balaban J connectivity index is 0.00000242. The van der Waals surface area contributed by atoms with E-state index in [-0.39, 0.29) is 24.0 Å². The van der Waals surface area contributed by atoms with Crippen molar-refractivity contribution in [2.75, 3.05) is 11.9 Å². The lowest BCUT2D eigenvalue weighted by Gasteiger charge is -2.10. The first-order valence-corrected chi connectivity index (χ1v) is 8.09. The van der Waals surface area contributed by atoms with Gasteiger partial charge in [0.05, 0.1) is 0 Å². The number of benzene rings is 1. The molecule has 120 valence electrons. The second-order valence-corrected chi connectivity index (χ2v) is 6.57. The highest BCUT2D eigenvalue weighted by atomic mass is 127. The fraction of sp³-hybridized carbons (Fsp3) is 0.353. The van der Waals surface area contributed by atoms with Crippen LogP contribution >= 0.6 is 35.3 Å². The summed E-state index contributed by atoms with van der Waals surface area (Å²) in [5.41, 5.74) is 9.48. The number of nitrogens with one attached hydrogen (secondary N) is 1. The van der Waals surface area contributed by atoms with Crippen LogP contribution in [-0.2, 0) is 6.42 Å². The Morgan fingerprint density at radius 2 is 2.05 bits per heavy atom. The van der Waals surface area contributed by atoms with Crippen LogP contribution in [0.1, 0.15) is 22.9 Å². The molecule has 2 rings (SSSR count). The Bertz CT molecular complexity index is 608. The van der Waals surface area contributed by atoms with Gasteiger partial charge in [0.1, 0.15) is 0 Å². The van der Waals surface area contributed by atoms with E-state index in [9.17, 15) is 0 Å². The first-order chi connectivity index (χ1) is 10.0. The minimum absolute atomic E-state index is 0. The van der Waals surface area contributed by atoms with Crippen molar-refractivity contribution in [1.29, 1.82) is 0 Å². The van der Waals surface area contributed by atoms with E-state index < -0.39 is 0 Å².